The molecular weight excluding hydrogens is 441 g/mol. The number of benzene rings is 2. The predicted octanol–water partition coefficient (Wildman–Crippen LogP) is 5.54. The van der Waals surface area contributed by atoms with Gasteiger partial charge in [0, 0.05) is 54.8 Å². The summed E-state index contributed by atoms with van der Waals surface area (Å²) in [5.74, 6) is 1.03. The number of amidine groups is 1. The van der Waals surface area contributed by atoms with Gasteiger partial charge >= 0.3 is 0 Å². The molecule has 0 bridgehead atoms. The summed E-state index contributed by atoms with van der Waals surface area (Å²) >= 11 is 6.27. The molecule has 166 valence electrons. The highest BCUT2D eigenvalue weighted by atomic mass is 35.5. The average molecular weight is 468 g/mol. The molecule has 1 N–H and O–H groups in total. The highest BCUT2D eigenvalue weighted by Crippen LogP contribution is 2.36. The number of aromatic nitrogens is 1. The molecule has 0 atom stereocenters. The second kappa shape index (κ2) is 10.3. The lowest BCUT2D eigenvalue weighted by molar-refractivity contribution is 0.181. The number of nitrogens with zero attached hydrogens (tertiary/aromatic N) is 4. The average Bonchev–Trinajstić information content (AvgIpc) is 2.97. The minimum atomic E-state index is 0. The van der Waals surface area contributed by atoms with Crippen molar-refractivity contribution in [1.82, 2.24) is 14.8 Å². The maximum Gasteiger partial charge on any atom is 0.138 e. The van der Waals surface area contributed by atoms with E-state index >= 15 is 0 Å². The Morgan fingerprint density at radius 3 is 2.59 bits per heavy atom. The summed E-state index contributed by atoms with van der Waals surface area (Å²) in [6.45, 7) is 5.14. The molecule has 1 aromatic heterocycles. The maximum absolute atomic E-state index is 6.27. The summed E-state index contributed by atoms with van der Waals surface area (Å²) < 4.78 is 0. The molecule has 0 amide bonds. The second-order valence-electron chi connectivity index (χ2n) is 8.06. The Kier molecular flexibility index (Phi) is 7.30. The number of aliphatic imine (C=N–C) groups is 1. The van der Waals surface area contributed by atoms with Crippen LogP contribution in [0.1, 0.15) is 17.5 Å². The first-order chi connectivity index (χ1) is 15.3. The number of anilines is 2. The van der Waals surface area contributed by atoms with E-state index in [2.05, 4.69) is 50.4 Å². The molecule has 0 aliphatic carbocycles. The van der Waals surface area contributed by atoms with Crippen LogP contribution in [0.2, 0.25) is 5.02 Å². The van der Waals surface area contributed by atoms with Gasteiger partial charge in [0.05, 0.1) is 11.4 Å². The highest BCUT2D eigenvalue weighted by Gasteiger charge is 2.24. The van der Waals surface area contributed by atoms with E-state index in [1.54, 1.807) is 0 Å². The standard InChI is InChI=1S/C25H26ClN5.ClH/c26-20-9-10-23-24(17-20)29-25(21-7-1-2-8-22(21)28-23)31-15-13-30(14-16-31)12-4-6-19-5-3-11-27-18-19;/h1-3,5,7-11,17-18,28H,4,6,12-16H2;1H. The van der Waals surface area contributed by atoms with Crippen LogP contribution >= 0.6 is 24.0 Å². The van der Waals surface area contributed by atoms with Crippen LogP contribution in [0.3, 0.4) is 0 Å². The van der Waals surface area contributed by atoms with Gasteiger partial charge < -0.3 is 10.2 Å². The Morgan fingerprint density at radius 1 is 0.938 bits per heavy atom. The van der Waals surface area contributed by atoms with Gasteiger partial charge in [-0.3, -0.25) is 9.88 Å². The number of rotatable bonds is 4. The van der Waals surface area contributed by atoms with Gasteiger partial charge in [0.1, 0.15) is 5.84 Å². The number of hydrogen-bond donors (Lipinski definition) is 1. The molecular formula is C25H27Cl2N5. The topological polar surface area (TPSA) is 43.8 Å². The molecule has 0 unspecified atom stereocenters. The van der Waals surface area contributed by atoms with Gasteiger partial charge in [-0.2, -0.15) is 0 Å². The third-order valence-electron chi connectivity index (χ3n) is 5.96. The van der Waals surface area contributed by atoms with E-state index in [4.69, 9.17) is 16.6 Å². The lowest BCUT2D eigenvalue weighted by Crippen LogP contribution is -2.49. The Morgan fingerprint density at radius 2 is 1.78 bits per heavy atom. The van der Waals surface area contributed by atoms with Crippen LogP contribution in [0.25, 0.3) is 0 Å². The third kappa shape index (κ3) is 5.07. The molecule has 2 aromatic carbocycles. The molecule has 7 heteroatoms. The van der Waals surface area contributed by atoms with Crippen molar-refractivity contribution in [2.75, 3.05) is 38.0 Å². The van der Waals surface area contributed by atoms with E-state index in [1.165, 1.54) is 5.56 Å². The first kappa shape index (κ1) is 22.6. The van der Waals surface area contributed by atoms with Gasteiger partial charge in [-0.05, 0) is 61.3 Å². The fraction of sp³-hybridized carbons (Fsp3) is 0.280. The molecule has 2 aliphatic heterocycles. The van der Waals surface area contributed by atoms with Gasteiger partial charge in [-0.1, -0.05) is 29.8 Å². The summed E-state index contributed by atoms with van der Waals surface area (Å²) in [6.07, 6.45) is 6.04. The van der Waals surface area contributed by atoms with Crippen molar-refractivity contribution in [3.05, 3.63) is 83.1 Å². The molecule has 0 radical (unpaired) electrons. The van der Waals surface area contributed by atoms with Gasteiger partial charge in [0.25, 0.3) is 0 Å². The predicted molar refractivity (Wildman–Crippen MR) is 135 cm³/mol. The number of piperazine rings is 1. The smallest absolute Gasteiger partial charge is 0.138 e. The van der Waals surface area contributed by atoms with E-state index in [0.29, 0.717) is 5.02 Å². The Labute approximate surface area is 200 Å². The molecule has 5 rings (SSSR count). The lowest BCUT2D eigenvalue weighted by atomic mass is 10.1. The summed E-state index contributed by atoms with van der Waals surface area (Å²) in [5.41, 5.74) is 5.41. The zero-order chi connectivity index (χ0) is 21.0. The molecule has 3 heterocycles. The second-order valence-corrected chi connectivity index (χ2v) is 8.50. The van der Waals surface area contributed by atoms with Crippen molar-refractivity contribution in [2.24, 2.45) is 4.99 Å². The number of fused-ring (bicyclic) bond motifs is 2. The van der Waals surface area contributed by atoms with Gasteiger partial charge in [-0.15, -0.1) is 12.4 Å². The Balaban J connectivity index is 0.00000245. The summed E-state index contributed by atoms with van der Waals surface area (Å²) in [4.78, 5) is 14.2. The highest BCUT2D eigenvalue weighted by molar-refractivity contribution is 6.31. The first-order valence-corrected chi connectivity index (χ1v) is 11.2. The van der Waals surface area contributed by atoms with Crippen LogP contribution in [0.4, 0.5) is 17.1 Å². The maximum atomic E-state index is 6.27. The quantitative estimate of drug-likeness (QED) is 0.546. The first-order valence-electron chi connectivity index (χ1n) is 10.9. The lowest BCUT2D eigenvalue weighted by Gasteiger charge is -2.36. The zero-order valence-electron chi connectivity index (χ0n) is 17.9. The number of hydrogen-bond acceptors (Lipinski definition) is 5. The third-order valence-corrected chi connectivity index (χ3v) is 6.19. The minimum absolute atomic E-state index is 0. The Hall–Kier alpha value is -2.60. The van der Waals surface area contributed by atoms with E-state index in [-0.39, 0.29) is 12.4 Å². The fourth-order valence-electron chi connectivity index (χ4n) is 4.29. The monoisotopic (exact) mass is 467 g/mol. The van der Waals surface area contributed by atoms with Gasteiger partial charge in [0.15, 0.2) is 0 Å². The summed E-state index contributed by atoms with van der Waals surface area (Å²) in [7, 11) is 0. The SMILES string of the molecule is Cl.Clc1ccc2c(c1)N=C(N1CCN(CCCc3cccnc3)CC1)c1ccccc1N2. The Bertz CT molecular complexity index is 1080. The molecule has 3 aromatic rings. The minimum Gasteiger partial charge on any atom is -0.353 e. The van der Waals surface area contributed by atoms with Crippen LogP contribution in [0.5, 0.6) is 0 Å². The zero-order valence-corrected chi connectivity index (χ0v) is 19.4. The van der Waals surface area contributed by atoms with Crippen molar-refractivity contribution >= 4 is 46.9 Å². The molecule has 1 saturated heterocycles. The summed E-state index contributed by atoms with van der Waals surface area (Å²) in [5, 5.41) is 4.24. The molecule has 0 spiro atoms. The largest absolute Gasteiger partial charge is 0.353 e. The van der Waals surface area contributed by atoms with Crippen molar-refractivity contribution in [3.8, 4) is 0 Å². The molecule has 5 nitrogen and oxygen atoms in total. The van der Waals surface area contributed by atoms with Crippen molar-refractivity contribution < 1.29 is 0 Å². The van der Waals surface area contributed by atoms with Gasteiger partial charge in [0.2, 0.25) is 0 Å². The van der Waals surface area contributed by atoms with Crippen LogP contribution in [0, 0.1) is 0 Å². The number of pyridine rings is 1. The number of nitrogens with one attached hydrogen (secondary N) is 1. The molecule has 2 aliphatic rings. The van der Waals surface area contributed by atoms with Gasteiger partial charge in [-0.25, -0.2) is 4.99 Å². The van der Waals surface area contributed by atoms with Crippen molar-refractivity contribution in [3.63, 3.8) is 0 Å². The fourth-order valence-corrected chi connectivity index (χ4v) is 4.45. The molecule has 0 saturated carbocycles. The van der Waals surface area contributed by atoms with Crippen LogP contribution in [0.15, 0.2) is 72.0 Å². The normalized spacial score (nSPS) is 15.5. The van der Waals surface area contributed by atoms with E-state index in [0.717, 1.165) is 74.0 Å². The van der Waals surface area contributed by atoms with Crippen molar-refractivity contribution in [2.45, 2.75) is 12.8 Å². The van der Waals surface area contributed by atoms with Crippen LogP contribution in [-0.2, 0) is 6.42 Å². The van der Waals surface area contributed by atoms with Crippen molar-refractivity contribution in [1.29, 1.82) is 0 Å². The summed E-state index contributed by atoms with van der Waals surface area (Å²) in [6, 6.07) is 18.4. The molecule has 1 fully saturated rings. The van der Waals surface area contributed by atoms with E-state index in [1.807, 2.05) is 36.7 Å². The number of halogens is 2. The van der Waals surface area contributed by atoms with Crippen LogP contribution < -0.4 is 5.32 Å². The number of para-hydroxylation sites is 1. The van der Waals surface area contributed by atoms with E-state index < -0.39 is 0 Å². The van der Waals surface area contributed by atoms with E-state index in [9.17, 15) is 0 Å². The van der Waals surface area contributed by atoms with Crippen LogP contribution in [-0.4, -0.2) is 53.3 Å². The molecule has 32 heavy (non-hydrogen) atoms. The number of aryl methyl sites for hydroxylation is 1.